The maximum Gasteiger partial charge on any atom is 0.0684 e. The molecule has 1 N–H and O–H groups in total. The predicted octanol–water partition coefficient (Wildman–Crippen LogP) is 2.76. The van der Waals surface area contributed by atoms with Gasteiger partial charge in [-0.25, -0.2) is 0 Å². The molecule has 1 aliphatic rings. The van der Waals surface area contributed by atoms with Gasteiger partial charge < -0.3 is 5.32 Å². The monoisotopic (exact) mass is 202 g/mol. The highest BCUT2D eigenvalue weighted by Crippen LogP contribution is 2.22. The molecule has 0 radical (unpaired) electrons. The second-order valence-electron chi connectivity index (χ2n) is 4.22. The summed E-state index contributed by atoms with van der Waals surface area (Å²) in [6, 6.07) is 6.78. The van der Waals surface area contributed by atoms with Gasteiger partial charge in [0.2, 0.25) is 0 Å². The molecular weight excluding hydrogens is 184 g/mol. The van der Waals surface area contributed by atoms with Crippen molar-refractivity contribution in [3.8, 4) is 0 Å². The Bertz CT molecular complexity index is 343. The third kappa shape index (κ3) is 2.45. The maximum absolute atomic E-state index is 4.60. The van der Waals surface area contributed by atoms with Crippen molar-refractivity contribution in [1.29, 1.82) is 0 Å². The molecule has 15 heavy (non-hydrogen) atoms. The fourth-order valence-electron chi connectivity index (χ4n) is 2.01. The first kappa shape index (κ1) is 10.4. The van der Waals surface area contributed by atoms with Crippen LogP contribution in [0.4, 0.5) is 5.69 Å². The molecule has 1 saturated heterocycles. The first-order chi connectivity index (χ1) is 7.27. The SMILES string of the molecule is Cc1cccc(C)c1N=CC1CCCN1. The van der Waals surface area contributed by atoms with Crippen molar-refractivity contribution in [1.82, 2.24) is 5.32 Å². The Morgan fingerprint density at radius 3 is 2.67 bits per heavy atom. The number of aryl methyl sites for hydroxylation is 2. The van der Waals surface area contributed by atoms with E-state index in [2.05, 4.69) is 48.6 Å². The second-order valence-corrected chi connectivity index (χ2v) is 4.22. The van der Waals surface area contributed by atoms with Crippen LogP contribution < -0.4 is 5.32 Å². The van der Waals surface area contributed by atoms with E-state index in [1.165, 1.54) is 24.0 Å². The van der Waals surface area contributed by atoms with Crippen molar-refractivity contribution < 1.29 is 0 Å². The van der Waals surface area contributed by atoms with Gasteiger partial charge in [0.25, 0.3) is 0 Å². The average Bonchev–Trinajstić information content (AvgIpc) is 2.70. The lowest BCUT2D eigenvalue weighted by Crippen LogP contribution is -2.22. The van der Waals surface area contributed by atoms with Gasteiger partial charge in [-0.1, -0.05) is 18.2 Å². The van der Waals surface area contributed by atoms with Gasteiger partial charge in [-0.15, -0.1) is 0 Å². The Balaban J connectivity index is 2.15. The molecule has 1 aliphatic heterocycles. The van der Waals surface area contributed by atoms with E-state index in [9.17, 15) is 0 Å². The lowest BCUT2D eigenvalue weighted by molar-refractivity contribution is 0.774. The van der Waals surface area contributed by atoms with Crippen molar-refractivity contribution in [3.63, 3.8) is 0 Å². The van der Waals surface area contributed by atoms with Crippen LogP contribution in [0.2, 0.25) is 0 Å². The van der Waals surface area contributed by atoms with Gasteiger partial charge >= 0.3 is 0 Å². The smallest absolute Gasteiger partial charge is 0.0684 e. The zero-order chi connectivity index (χ0) is 10.7. The molecule has 0 amide bonds. The van der Waals surface area contributed by atoms with E-state index in [0.717, 1.165) is 12.2 Å². The number of rotatable bonds is 2. The molecule has 2 nitrogen and oxygen atoms in total. The van der Waals surface area contributed by atoms with Crippen LogP contribution in [0.25, 0.3) is 0 Å². The van der Waals surface area contributed by atoms with Crippen LogP contribution in [0.15, 0.2) is 23.2 Å². The topological polar surface area (TPSA) is 24.4 Å². The van der Waals surface area contributed by atoms with Crippen molar-refractivity contribution in [3.05, 3.63) is 29.3 Å². The van der Waals surface area contributed by atoms with Crippen LogP contribution in [0.3, 0.4) is 0 Å². The zero-order valence-corrected chi connectivity index (χ0v) is 9.46. The summed E-state index contributed by atoms with van der Waals surface area (Å²) >= 11 is 0. The minimum atomic E-state index is 0.476. The summed E-state index contributed by atoms with van der Waals surface area (Å²) < 4.78 is 0. The normalized spacial score (nSPS) is 21.3. The first-order valence-corrected chi connectivity index (χ1v) is 5.61. The van der Waals surface area contributed by atoms with Crippen LogP contribution in [0, 0.1) is 13.8 Å². The maximum atomic E-state index is 4.60. The molecule has 1 fully saturated rings. The number of aliphatic imine (C=N–C) groups is 1. The number of hydrogen-bond acceptors (Lipinski definition) is 2. The Kier molecular flexibility index (Phi) is 3.17. The van der Waals surface area contributed by atoms with E-state index in [4.69, 9.17) is 0 Å². The van der Waals surface area contributed by atoms with Crippen molar-refractivity contribution in [2.45, 2.75) is 32.7 Å². The fraction of sp³-hybridized carbons (Fsp3) is 0.462. The van der Waals surface area contributed by atoms with E-state index in [-0.39, 0.29) is 0 Å². The molecule has 0 aromatic heterocycles. The van der Waals surface area contributed by atoms with Gasteiger partial charge in [0.05, 0.1) is 5.69 Å². The van der Waals surface area contributed by atoms with E-state index >= 15 is 0 Å². The third-order valence-electron chi connectivity index (χ3n) is 2.92. The molecule has 1 atom stereocenters. The molecule has 1 heterocycles. The summed E-state index contributed by atoms with van der Waals surface area (Å²) in [6.45, 7) is 5.35. The van der Waals surface area contributed by atoms with Gasteiger partial charge in [-0.2, -0.15) is 0 Å². The van der Waals surface area contributed by atoms with Crippen molar-refractivity contribution in [2.75, 3.05) is 6.54 Å². The molecule has 1 unspecified atom stereocenters. The van der Waals surface area contributed by atoms with Gasteiger partial charge in [0.1, 0.15) is 0 Å². The molecule has 0 aliphatic carbocycles. The van der Waals surface area contributed by atoms with Crippen LogP contribution in [-0.4, -0.2) is 18.8 Å². The number of benzene rings is 1. The highest BCUT2D eigenvalue weighted by molar-refractivity contribution is 5.71. The number of para-hydroxylation sites is 1. The summed E-state index contributed by atoms with van der Waals surface area (Å²) in [4.78, 5) is 4.60. The molecule has 80 valence electrons. The summed E-state index contributed by atoms with van der Waals surface area (Å²) in [5, 5.41) is 3.42. The largest absolute Gasteiger partial charge is 0.309 e. The Morgan fingerprint density at radius 1 is 1.33 bits per heavy atom. The van der Waals surface area contributed by atoms with E-state index < -0.39 is 0 Å². The number of hydrogen-bond donors (Lipinski definition) is 1. The van der Waals surface area contributed by atoms with Crippen LogP contribution in [0.5, 0.6) is 0 Å². The lowest BCUT2D eigenvalue weighted by atomic mass is 10.1. The second kappa shape index (κ2) is 4.58. The van der Waals surface area contributed by atoms with Gasteiger partial charge in [-0.05, 0) is 44.4 Å². The molecule has 2 heteroatoms. The van der Waals surface area contributed by atoms with Crippen LogP contribution in [0.1, 0.15) is 24.0 Å². The van der Waals surface area contributed by atoms with E-state index in [1.54, 1.807) is 0 Å². The predicted molar refractivity (Wildman–Crippen MR) is 65.1 cm³/mol. The van der Waals surface area contributed by atoms with Crippen molar-refractivity contribution in [2.24, 2.45) is 4.99 Å². The molecule has 1 aromatic carbocycles. The van der Waals surface area contributed by atoms with Gasteiger partial charge in [0, 0.05) is 12.3 Å². The molecule has 2 rings (SSSR count). The highest BCUT2D eigenvalue weighted by Gasteiger charge is 2.11. The van der Waals surface area contributed by atoms with Gasteiger partial charge in [0.15, 0.2) is 0 Å². The summed E-state index contributed by atoms with van der Waals surface area (Å²) in [6.07, 6.45) is 4.54. The zero-order valence-electron chi connectivity index (χ0n) is 9.46. The fourth-order valence-corrected chi connectivity index (χ4v) is 2.01. The molecule has 0 bridgehead atoms. The average molecular weight is 202 g/mol. The Labute approximate surface area is 91.4 Å². The van der Waals surface area contributed by atoms with Crippen LogP contribution in [-0.2, 0) is 0 Å². The van der Waals surface area contributed by atoms with Gasteiger partial charge in [-0.3, -0.25) is 4.99 Å². The molecule has 1 aromatic rings. The van der Waals surface area contributed by atoms with E-state index in [0.29, 0.717) is 6.04 Å². The molecule has 0 saturated carbocycles. The lowest BCUT2D eigenvalue weighted by Gasteiger charge is -2.06. The number of nitrogens with zero attached hydrogens (tertiary/aromatic N) is 1. The minimum Gasteiger partial charge on any atom is -0.309 e. The Morgan fingerprint density at radius 2 is 2.07 bits per heavy atom. The van der Waals surface area contributed by atoms with Crippen molar-refractivity contribution >= 4 is 11.9 Å². The summed E-state index contributed by atoms with van der Waals surface area (Å²) in [5.41, 5.74) is 3.64. The quantitative estimate of drug-likeness (QED) is 0.733. The Hall–Kier alpha value is -1.15. The molecule has 0 spiro atoms. The van der Waals surface area contributed by atoms with Crippen LogP contribution >= 0.6 is 0 Å². The summed E-state index contributed by atoms with van der Waals surface area (Å²) in [7, 11) is 0. The minimum absolute atomic E-state index is 0.476. The number of nitrogens with one attached hydrogen (secondary N) is 1. The third-order valence-corrected chi connectivity index (χ3v) is 2.92. The molecular formula is C13H18N2. The van der Waals surface area contributed by atoms with E-state index in [1.807, 2.05) is 0 Å². The first-order valence-electron chi connectivity index (χ1n) is 5.61. The highest BCUT2D eigenvalue weighted by atomic mass is 14.9. The standard InChI is InChI=1S/C13H18N2/c1-10-5-3-6-11(2)13(10)15-9-12-7-4-8-14-12/h3,5-6,9,12,14H,4,7-8H2,1-2H3. The summed E-state index contributed by atoms with van der Waals surface area (Å²) in [5.74, 6) is 0.